The number of ether oxygens (including phenoxy) is 2. The first-order valence-corrected chi connectivity index (χ1v) is 12.0. The fourth-order valence-electron chi connectivity index (χ4n) is 3.98. The number of carbonyl (C=O) groups excluding carboxylic acids is 1. The van der Waals surface area contributed by atoms with Crippen LogP contribution in [-0.4, -0.2) is 61.3 Å². The van der Waals surface area contributed by atoms with E-state index in [4.69, 9.17) is 19.4 Å². The number of hydrogen-bond acceptors (Lipinski definition) is 8. The lowest BCUT2D eigenvalue weighted by Crippen LogP contribution is -2.43. The number of nitrogens with zero attached hydrogens (tertiary/aromatic N) is 4. The highest BCUT2D eigenvalue weighted by atomic mass is 32.1. The number of aromatic nitrogens is 3. The highest BCUT2D eigenvalue weighted by Gasteiger charge is 2.43. The number of carboxylic acids is 1. The van der Waals surface area contributed by atoms with Gasteiger partial charge in [0.1, 0.15) is 22.8 Å². The molecule has 0 unspecified atom stereocenters. The Kier molecular flexibility index (Phi) is 5.76. The second-order valence-corrected chi connectivity index (χ2v) is 10.3. The van der Waals surface area contributed by atoms with Gasteiger partial charge in [-0.1, -0.05) is 24.3 Å². The first-order chi connectivity index (χ1) is 16.7. The van der Waals surface area contributed by atoms with Gasteiger partial charge in [0.25, 0.3) is 0 Å². The third-order valence-corrected chi connectivity index (χ3v) is 6.53. The van der Waals surface area contributed by atoms with Crippen LogP contribution >= 0.6 is 11.3 Å². The summed E-state index contributed by atoms with van der Waals surface area (Å²) in [5.74, 6) is -0.860. The van der Waals surface area contributed by atoms with E-state index in [-0.39, 0.29) is 18.8 Å². The third kappa shape index (κ3) is 4.74. The highest BCUT2D eigenvalue weighted by Crippen LogP contribution is 2.36. The molecule has 2 aromatic heterocycles. The predicted molar refractivity (Wildman–Crippen MR) is 132 cm³/mol. The largest absolute Gasteiger partial charge is 0.480 e. The Labute approximate surface area is 205 Å². The van der Waals surface area contributed by atoms with Gasteiger partial charge in [-0.2, -0.15) is 0 Å². The minimum Gasteiger partial charge on any atom is -0.480 e. The molecule has 1 N–H and O–H groups in total. The summed E-state index contributed by atoms with van der Waals surface area (Å²) in [6.45, 7) is 5.26. The van der Waals surface area contributed by atoms with E-state index in [1.165, 1.54) is 16.2 Å². The summed E-state index contributed by atoms with van der Waals surface area (Å²) < 4.78 is 12.7. The van der Waals surface area contributed by atoms with Gasteiger partial charge in [-0.15, -0.1) is 11.3 Å². The van der Waals surface area contributed by atoms with Crippen molar-refractivity contribution in [2.45, 2.75) is 44.9 Å². The molecule has 2 aromatic carbocycles. The smallest absolute Gasteiger partial charge is 0.411 e. The van der Waals surface area contributed by atoms with Crippen LogP contribution in [0.25, 0.3) is 32.0 Å². The predicted octanol–water partition coefficient (Wildman–Crippen LogP) is 4.75. The average molecular weight is 493 g/mol. The van der Waals surface area contributed by atoms with Crippen molar-refractivity contribution in [3.8, 4) is 16.6 Å². The lowest BCUT2D eigenvalue weighted by atomic mass is 10.2. The molecule has 1 saturated heterocycles. The fraction of sp³-hybridized carbons (Fsp3) is 0.320. The monoisotopic (exact) mass is 492 g/mol. The maximum atomic E-state index is 12.7. The van der Waals surface area contributed by atoms with Gasteiger partial charge in [0.2, 0.25) is 5.88 Å². The maximum Gasteiger partial charge on any atom is 0.411 e. The Morgan fingerprint density at radius 3 is 2.31 bits per heavy atom. The molecule has 0 bridgehead atoms. The number of likely N-dealkylation sites (tertiary alicyclic amines) is 1. The molecule has 9 nitrogen and oxygen atoms in total. The van der Waals surface area contributed by atoms with Gasteiger partial charge in [0.05, 0.1) is 27.8 Å². The molecule has 1 aliphatic heterocycles. The molecule has 1 amide bonds. The van der Waals surface area contributed by atoms with Gasteiger partial charge in [-0.05, 0) is 45.0 Å². The SMILES string of the molecule is CC(C)(C)OC(=O)N1C[C@H](Oc2nc3ccccc3nc2-c2nc3ccccc3s2)C[C@H]1C(=O)O. The van der Waals surface area contributed by atoms with Crippen LogP contribution in [0.4, 0.5) is 4.79 Å². The van der Waals surface area contributed by atoms with E-state index in [1.807, 2.05) is 48.5 Å². The summed E-state index contributed by atoms with van der Waals surface area (Å²) in [5, 5.41) is 10.4. The normalized spacial score (nSPS) is 18.2. The van der Waals surface area contributed by atoms with Gasteiger partial charge in [-0.25, -0.2) is 24.5 Å². The lowest BCUT2D eigenvalue weighted by molar-refractivity contribution is -0.142. The van der Waals surface area contributed by atoms with Crippen molar-refractivity contribution in [1.29, 1.82) is 0 Å². The van der Waals surface area contributed by atoms with Crippen molar-refractivity contribution in [3.63, 3.8) is 0 Å². The summed E-state index contributed by atoms with van der Waals surface area (Å²) >= 11 is 1.48. The molecule has 0 spiro atoms. The summed E-state index contributed by atoms with van der Waals surface area (Å²) in [6.07, 6.45) is -1.19. The number of rotatable bonds is 4. The van der Waals surface area contributed by atoms with Crippen LogP contribution in [-0.2, 0) is 9.53 Å². The standard InChI is InChI=1S/C25H24N4O5S/c1-25(2,3)34-24(32)29-13-14(12-18(29)23(30)31)33-21-20(26-15-8-4-5-9-16(15)27-21)22-28-17-10-6-7-11-19(17)35-22/h4-11,14,18H,12-13H2,1-3H3,(H,30,31)/t14-,18+/m1/s1. The van der Waals surface area contributed by atoms with Crippen LogP contribution in [0.3, 0.4) is 0 Å². The summed E-state index contributed by atoms with van der Waals surface area (Å²) in [5.41, 5.74) is 1.91. The summed E-state index contributed by atoms with van der Waals surface area (Å²) in [4.78, 5) is 40.0. The minimum absolute atomic E-state index is 0.0552. The van der Waals surface area contributed by atoms with E-state index in [0.29, 0.717) is 21.7 Å². The number of fused-ring (bicyclic) bond motifs is 2. The Bertz CT molecular complexity index is 1400. The first-order valence-electron chi connectivity index (χ1n) is 11.2. The second kappa shape index (κ2) is 8.77. The molecule has 5 rings (SSSR count). The number of thiazole rings is 1. The maximum absolute atomic E-state index is 12.7. The number of para-hydroxylation sites is 3. The van der Waals surface area contributed by atoms with Crippen LogP contribution in [0.1, 0.15) is 27.2 Å². The molecule has 0 radical (unpaired) electrons. The van der Waals surface area contributed by atoms with Crippen LogP contribution in [0.5, 0.6) is 5.88 Å². The molecule has 1 fully saturated rings. The van der Waals surface area contributed by atoms with E-state index in [0.717, 1.165) is 10.2 Å². The molecular formula is C25H24N4O5S. The van der Waals surface area contributed by atoms with E-state index in [9.17, 15) is 14.7 Å². The fourth-order valence-corrected chi connectivity index (χ4v) is 4.92. The molecule has 3 heterocycles. The summed E-state index contributed by atoms with van der Waals surface area (Å²) in [7, 11) is 0. The van der Waals surface area contributed by atoms with Crippen LogP contribution in [0.15, 0.2) is 48.5 Å². The van der Waals surface area contributed by atoms with Crippen LogP contribution < -0.4 is 4.74 Å². The minimum atomic E-state index is -1.11. The number of aliphatic carboxylic acids is 1. The second-order valence-electron chi connectivity index (χ2n) is 9.32. The molecule has 10 heteroatoms. The lowest BCUT2D eigenvalue weighted by Gasteiger charge is -2.26. The van der Waals surface area contributed by atoms with Gasteiger partial charge in [-0.3, -0.25) is 4.90 Å². The highest BCUT2D eigenvalue weighted by molar-refractivity contribution is 7.21. The number of carbonyl (C=O) groups is 2. The zero-order valence-corrected chi connectivity index (χ0v) is 20.3. The van der Waals surface area contributed by atoms with Crippen molar-refractivity contribution < 1.29 is 24.2 Å². The van der Waals surface area contributed by atoms with Gasteiger partial charge >= 0.3 is 12.1 Å². The molecule has 180 valence electrons. The molecule has 2 atom stereocenters. The third-order valence-electron chi connectivity index (χ3n) is 5.49. The average Bonchev–Trinajstić information content (AvgIpc) is 3.42. The zero-order valence-electron chi connectivity index (χ0n) is 19.5. The first kappa shape index (κ1) is 23.0. The quantitative estimate of drug-likeness (QED) is 0.434. The van der Waals surface area contributed by atoms with E-state index >= 15 is 0 Å². The number of carboxylic acid groups (broad SMARTS) is 1. The van der Waals surface area contributed by atoms with Crippen molar-refractivity contribution >= 4 is 44.6 Å². The number of amides is 1. The molecular weight excluding hydrogens is 468 g/mol. The molecule has 4 aromatic rings. The van der Waals surface area contributed by atoms with Gasteiger partial charge in [0.15, 0.2) is 5.69 Å². The molecule has 35 heavy (non-hydrogen) atoms. The Morgan fingerprint density at radius 2 is 1.66 bits per heavy atom. The van der Waals surface area contributed by atoms with Crippen LogP contribution in [0.2, 0.25) is 0 Å². The zero-order chi connectivity index (χ0) is 24.7. The van der Waals surface area contributed by atoms with E-state index < -0.39 is 29.8 Å². The molecule has 1 aliphatic rings. The Hall–Kier alpha value is -3.79. The number of benzene rings is 2. The molecule has 0 saturated carbocycles. The van der Waals surface area contributed by atoms with Gasteiger partial charge in [0, 0.05) is 6.42 Å². The van der Waals surface area contributed by atoms with Crippen molar-refractivity contribution in [1.82, 2.24) is 19.9 Å². The van der Waals surface area contributed by atoms with Gasteiger partial charge < -0.3 is 14.6 Å². The van der Waals surface area contributed by atoms with Crippen molar-refractivity contribution in [3.05, 3.63) is 48.5 Å². The number of hydrogen-bond donors (Lipinski definition) is 1. The Morgan fingerprint density at radius 1 is 1.00 bits per heavy atom. The van der Waals surface area contributed by atoms with Crippen LogP contribution in [0, 0.1) is 0 Å². The topological polar surface area (TPSA) is 115 Å². The van der Waals surface area contributed by atoms with Crippen molar-refractivity contribution in [2.75, 3.05) is 6.54 Å². The van der Waals surface area contributed by atoms with E-state index in [2.05, 4.69) is 4.98 Å². The van der Waals surface area contributed by atoms with Crippen molar-refractivity contribution in [2.24, 2.45) is 0 Å². The van der Waals surface area contributed by atoms with E-state index in [1.54, 1.807) is 20.8 Å². The Balaban J connectivity index is 1.50. The molecule has 0 aliphatic carbocycles. The summed E-state index contributed by atoms with van der Waals surface area (Å²) in [6, 6.07) is 14.2.